The molecule has 0 spiro atoms. The third-order valence-electron chi connectivity index (χ3n) is 2.15. The Morgan fingerprint density at radius 2 is 2.00 bits per heavy atom. The highest BCUT2D eigenvalue weighted by Gasteiger charge is 1.99. The fourth-order valence-electron chi connectivity index (χ4n) is 1.31. The maximum Gasteiger partial charge on any atom is 0.126 e. The SMILES string of the molecule is Clc1ccccc1CNc1ccc(Br)cn1. The summed E-state index contributed by atoms with van der Waals surface area (Å²) < 4.78 is 0.968. The molecule has 0 bridgehead atoms. The van der Waals surface area contributed by atoms with E-state index in [4.69, 9.17) is 11.6 Å². The minimum absolute atomic E-state index is 0.675. The third-order valence-corrected chi connectivity index (χ3v) is 2.98. The summed E-state index contributed by atoms with van der Waals surface area (Å²) in [6.07, 6.45) is 1.76. The molecular formula is C12H10BrClN2. The zero-order valence-electron chi connectivity index (χ0n) is 8.45. The Kier molecular flexibility index (Phi) is 3.80. The summed E-state index contributed by atoms with van der Waals surface area (Å²) in [6.45, 7) is 0.675. The smallest absolute Gasteiger partial charge is 0.126 e. The lowest BCUT2D eigenvalue weighted by Gasteiger charge is -2.06. The Labute approximate surface area is 108 Å². The van der Waals surface area contributed by atoms with Crippen LogP contribution in [0.15, 0.2) is 47.1 Å². The quantitative estimate of drug-likeness (QED) is 0.922. The van der Waals surface area contributed by atoms with E-state index in [2.05, 4.69) is 26.2 Å². The van der Waals surface area contributed by atoms with E-state index in [-0.39, 0.29) is 0 Å². The number of nitrogens with one attached hydrogen (secondary N) is 1. The number of benzene rings is 1. The molecule has 4 heteroatoms. The van der Waals surface area contributed by atoms with Gasteiger partial charge < -0.3 is 5.32 Å². The Morgan fingerprint density at radius 1 is 1.19 bits per heavy atom. The van der Waals surface area contributed by atoms with Crippen molar-refractivity contribution in [3.05, 3.63) is 57.7 Å². The molecule has 16 heavy (non-hydrogen) atoms. The number of hydrogen-bond acceptors (Lipinski definition) is 2. The third kappa shape index (κ3) is 2.97. The van der Waals surface area contributed by atoms with Gasteiger partial charge in [-0.1, -0.05) is 29.8 Å². The first-order valence-electron chi connectivity index (χ1n) is 4.84. The monoisotopic (exact) mass is 296 g/mol. The van der Waals surface area contributed by atoms with Crippen molar-refractivity contribution in [2.75, 3.05) is 5.32 Å². The van der Waals surface area contributed by atoms with Crippen LogP contribution in [0.25, 0.3) is 0 Å². The minimum atomic E-state index is 0.675. The van der Waals surface area contributed by atoms with Gasteiger partial charge in [-0.3, -0.25) is 0 Å². The number of nitrogens with zero attached hydrogens (tertiary/aromatic N) is 1. The summed E-state index contributed by atoms with van der Waals surface area (Å²) in [4.78, 5) is 4.22. The van der Waals surface area contributed by atoms with Crippen LogP contribution in [0.1, 0.15) is 5.56 Å². The van der Waals surface area contributed by atoms with Crippen LogP contribution in [-0.2, 0) is 6.54 Å². The number of pyridine rings is 1. The molecule has 0 aliphatic heterocycles. The molecule has 1 N–H and O–H groups in total. The van der Waals surface area contributed by atoms with Crippen LogP contribution >= 0.6 is 27.5 Å². The van der Waals surface area contributed by atoms with Gasteiger partial charge in [0.25, 0.3) is 0 Å². The van der Waals surface area contributed by atoms with Gasteiger partial charge in [0.05, 0.1) is 0 Å². The summed E-state index contributed by atoms with van der Waals surface area (Å²) in [5.74, 6) is 0.836. The molecule has 0 atom stereocenters. The lowest BCUT2D eigenvalue weighted by atomic mass is 10.2. The predicted octanol–water partition coefficient (Wildman–Crippen LogP) is 4.11. The van der Waals surface area contributed by atoms with Crippen molar-refractivity contribution in [2.24, 2.45) is 0 Å². The van der Waals surface area contributed by atoms with Gasteiger partial charge in [-0.2, -0.15) is 0 Å². The number of hydrogen-bond donors (Lipinski definition) is 1. The maximum atomic E-state index is 6.05. The van der Waals surface area contributed by atoms with Crippen LogP contribution < -0.4 is 5.32 Å². The molecule has 2 aromatic rings. The van der Waals surface area contributed by atoms with Gasteiger partial charge in [0.1, 0.15) is 5.82 Å². The predicted molar refractivity (Wildman–Crippen MR) is 70.7 cm³/mol. The van der Waals surface area contributed by atoms with Crippen LogP contribution in [0.4, 0.5) is 5.82 Å². The van der Waals surface area contributed by atoms with Gasteiger partial charge in [-0.15, -0.1) is 0 Å². The molecule has 0 radical (unpaired) electrons. The Morgan fingerprint density at radius 3 is 2.69 bits per heavy atom. The molecule has 0 fully saturated rings. The molecule has 1 heterocycles. The molecule has 1 aromatic heterocycles. The van der Waals surface area contributed by atoms with Crippen molar-refractivity contribution < 1.29 is 0 Å². The van der Waals surface area contributed by atoms with Crippen molar-refractivity contribution in [3.63, 3.8) is 0 Å². The van der Waals surface area contributed by atoms with Crippen molar-refractivity contribution in [1.29, 1.82) is 0 Å². The number of anilines is 1. The van der Waals surface area contributed by atoms with E-state index < -0.39 is 0 Å². The summed E-state index contributed by atoms with van der Waals surface area (Å²) in [5.41, 5.74) is 1.06. The second-order valence-electron chi connectivity index (χ2n) is 3.31. The highest BCUT2D eigenvalue weighted by Crippen LogP contribution is 2.16. The van der Waals surface area contributed by atoms with E-state index >= 15 is 0 Å². The molecule has 0 unspecified atom stereocenters. The number of halogens is 2. The lowest BCUT2D eigenvalue weighted by Crippen LogP contribution is -2.01. The maximum absolute atomic E-state index is 6.05. The van der Waals surface area contributed by atoms with Gasteiger partial charge in [-0.05, 0) is 39.7 Å². The first-order chi connectivity index (χ1) is 7.75. The van der Waals surface area contributed by atoms with Crippen LogP contribution in [0.5, 0.6) is 0 Å². The Hall–Kier alpha value is -1.06. The summed E-state index contributed by atoms with van der Waals surface area (Å²) in [6, 6.07) is 11.6. The molecule has 0 saturated heterocycles. The van der Waals surface area contributed by atoms with E-state index in [0.717, 1.165) is 20.9 Å². The molecule has 82 valence electrons. The van der Waals surface area contributed by atoms with E-state index in [1.807, 2.05) is 36.4 Å². The second-order valence-corrected chi connectivity index (χ2v) is 4.63. The topological polar surface area (TPSA) is 24.9 Å². The zero-order valence-corrected chi connectivity index (χ0v) is 10.8. The summed E-state index contributed by atoms with van der Waals surface area (Å²) >= 11 is 9.39. The fourth-order valence-corrected chi connectivity index (χ4v) is 1.75. The van der Waals surface area contributed by atoms with Gasteiger partial charge in [-0.25, -0.2) is 4.98 Å². The lowest BCUT2D eigenvalue weighted by molar-refractivity contribution is 1.11. The highest BCUT2D eigenvalue weighted by atomic mass is 79.9. The molecule has 0 saturated carbocycles. The molecule has 2 nitrogen and oxygen atoms in total. The fraction of sp³-hybridized carbons (Fsp3) is 0.0833. The Bertz CT molecular complexity index is 471. The van der Waals surface area contributed by atoms with Gasteiger partial charge >= 0.3 is 0 Å². The average Bonchev–Trinajstić information content (AvgIpc) is 2.30. The number of aromatic nitrogens is 1. The molecule has 1 aromatic carbocycles. The summed E-state index contributed by atoms with van der Waals surface area (Å²) in [5, 5.41) is 3.98. The van der Waals surface area contributed by atoms with E-state index in [9.17, 15) is 0 Å². The minimum Gasteiger partial charge on any atom is -0.366 e. The largest absolute Gasteiger partial charge is 0.366 e. The highest BCUT2D eigenvalue weighted by molar-refractivity contribution is 9.10. The zero-order chi connectivity index (χ0) is 11.4. The van der Waals surface area contributed by atoms with Crippen molar-refractivity contribution in [1.82, 2.24) is 4.98 Å². The van der Waals surface area contributed by atoms with Gasteiger partial charge in [0.2, 0.25) is 0 Å². The molecule has 0 aliphatic rings. The van der Waals surface area contributed by atoms with Crippen molar-refractivity contribution >= 4 is 33.3 Å². The van der Waals surface area contributed by atoms with E-state index in [1.165, 1.54) is 0 Å². The molecule has 0 amide bonds. The van der Waals surface area contributed by atoms with Crippen LogP contribution in [0, 0.1) is 0 Å². The normalized spacial score (nSPS) is 10.1. The van der Waals surface area contributed by atoms with Gasteiger partial charge in [0, 0.05) is 22.2 Å². The standard InChI is InChI=1S/C12H10BrClN2/c13-10-5-6-12(16-8-10)15-7-9-3-1-2-4-11(9)14/h1-6,8H,7H2,(H,15,16). The molecule has 0 aliphatic carbocycles. The van der Waals surface area contributed by atoms with Crippen LogP contribution in [0.2, 0.25) is 5.02 Å². The van der Waals surface area contributed by atoms with Crippen molar-refractivity contribution in [2.45, 2.75) is 6.54 Å². The average molecular weight is 298 g/mol. The first-order valence-corrected chi connectivity index (χ1v) is 6.01. The first kappa shape index (κ1) is 11.4. The van der Waals surface area contributed by atoms with Crippen LogP contribution in [0.3, 0.4) is 0 Å². The van der Waals surface area contributed by atoms with Gasteiger partial charge in [0.15, 0.2) is 0 Å². The van der Waals surface area contributed by atoms with E-state index in [0.29, 0.717) is 6.54 Å². The molecule has 2 rings (SSSR count). The Balaban J connectivity index is 2.02. The summed E-state index contributed by atoms with van der Waals surface area (Å²) in [7, 11) is 0. The number of rotatable bonds is 3. The van der Waals surface area contributed by atoms with Crippen LogP contribution in [-0.4, -0.2) is 4.98 Å². The molecular weight excluding hydrogens is 288 g/mol. The van der Waals surface area contributed by atoms with E-state index in [1.54, 1.807) is 6.20 Å². The second kappa shape index (κ2) is 5.32. The van der Waals surface area contributed by atoms with Crippen molar-refractivity contribution in [3.8, 4) is 0 Å².